The fraction of sp³-hybridized carbons (Fsp3) is 0.579. The molecule has 2 aliphatic heterocycles. The monoisotopic (exact) mass is 375 g/mol. The highest BCUT2D eigenvalue weighted by Crippen LogP contribution is 2.37. The summed E-state index contributed by atoms with van der Waals surface area (Å²) in [5, 5.41) is 39.1. The fourth-order valence-corrected chi connectivity index (χ4v) is 3.97. The molecule has 2 fully saturated rings. The SMILES string of the molecule is CC1(O)C2CN(C[C@H](O)COc3ccc(C#N)cc3)CC1CN(C(=O)O)C2. The van der Waals surface area contributed by atoms with Gasteiger partial charge in [-0.2, -0.15) is 5.26 Å². The number of β-amino-alcohol motifs (C(OH)–C–C–N with tert-alkyl or cyclic N) is 1. The molecule has 0 aromatic heterocycles. The van der Waals surface area contributed by atoms with Crippen LogP contribution in [0.1, 0.15) is 12.5 Å². The molecule has 2 saturated heterocycles. The molecular formula is C19H25N3O5. The Hall–Kier alpha value is -2.34. The third-order valence-corrected chi connectivity index (χ3v) is 5.66. The van der Waals surface area contributed by atoms with Gasteiger partial charge in [-0.1, -0.05) is 0 Å². The van der Waals surface area contributed by atoms with Gasteiger partial charge in [-0.25, -0.2) is 4.79 Å². The van der Waals surface area contributed by atoms with Crippen LogP contribution in [0.4, 0.5) is 4.79 Å². The molecule has 2 heterocycles. The first kappa shape index (κ1) is 19.4. The molecule has 0 radical (unpaired) electrons. The molecule has 2 bridgehead atoms. The number of hydrogen-bond acceptors (Lipinski definition) is 6. The van der Waals surface area contributed by atoms with Crippen LogP contribution in [0.25, 0.3) is 0 Å². The molecule has 3 N–H and O–H groups in total. The second-order valence-corrected chi connectivity index (χ2v) is 7.63. The molecule has 0 saturated carbocycles. The maximum Gasteiger partial charge on any atom is 0.407 e. The van der Waals surface area contributed by atoms with Gasteiger partial charge in [0.25, 0.3) is 0 Å². The summed E-state index contributed by atoms with van der Waals surface area (Å²) in [6, 6.07) is 8.73. The summed E-state index contributed by atoms with van der Waals surface area (Å²) in [7, 11) is 0. The number of carbonyl (C=O) groups is 1. The van der Waals surface area contributed by atoms with Crippen LogP contribution >= 0.6 is 0 Å². The Kier molecular flexibility index (Phi) is 5.56. The molecule has 3 atom stereocenters. The number of hydrogen-bond donors (Lipinski definition) is 3. The summed E-state index contributed by atoms with van der Waals surface area (Å²) in [5.41, 5.74) is -0.350. The molecule has 2 aliphatic rings. The molecule has 1 aromatic carbocycles. The molecule has 146 valence electrons. The van der Waals surface area contributed by atoms with E-state index in [0.29, 0.717) is 44.0 Å². The minimum Gasteiger partial charge on any atom is -0.491 e. The van der Waals surface area contributed by atoms with Crippen molar-refractivity contribution in [3.8, 4) is 11.8 Å². The van der Waals surface area contributed by atoms with Crippen molar-refractivity contribution < 1.29 is 24.9 Å². The number of likely N-dealkylation sites (tertiary alicyclic amines) is 2. The van der Waals surface area contributed by atoms with E-state index in [-0.39, 0.29) is 18.4 Å². The summed E-state index contributed by atoms with van der Waals surface area (Å²) >= 11 is 0. The predicted molar refractivity (Wildman–Crippen MR) is 96.3 cm³/mol. The molecule has 27 heavy (non-hydrogen) atoms. The second-order valence-electron chi connectivity index (χ2n) is 7.63. The highest BCUT2D eigenvalue weighted by Gasteiger charge is 2.50. The van der Waals surface area contributed by atoms with E-state index in [9.17, 15) is 20.1 Å². The average molecular weight is 375 g/mol. The van der Waals surface area contributed by atoms with Crippen LogP contribution in [0.2, 0.25) is 0 Å². The van der Waals surface area contributed by atoms with Crippen molar-refractivity contribution in [2.75, 3.05) is 39.3 Å². The molecule has 0 spiro atoms. The largest absolute Gasteiger partial charge is 0.491 e. The van der Waals surface area contributed by atoms with E-state index >= 15 is 0 Å². The van der Waals surface area contributed by atoms with Gasteiger partial charge in [0.15, 0.2) is 0 Å². The number of fused-ring (bicyclic) bond motifs is 2. The Bertz CT molecular complexity index is 697. The van der Waals surface area contributed by atoms with Gasteiger partial charge in [-0.15, -0.1) is 0 Å². The standard InChI is InChI=1S/C19H25N3O5/c1-19(26)14-7-21(8-15(19)10-22(9-14)18(24)25)11-16(23)12-27-17-4-2-13(6-20)3-5-17/h2-5,14-16,23,26H,7-12H2,1H3,(H,24,25)/t14?,15?,16-,19?/m0/s1. The highest BCUT2D eigenvalue weighted by molar-refractivity contribution is 5.65. The van der Waals surface area contributed by atoms with Crippen LogP contribution in [0.3, 0.4) is 0 Å². The van der Waals surface area contributed by atoms with Crippen molar-refractivity contribution in [1.82, 2.24) is 9.80 Å². The van der Waals surface area contributed by atoms with Gasteiger partial charge in [0.1, 0.15) is 18.5 Å². The Morgan fingerprint density at radius 1 is 1.30 bits per heavy atom. The summed E-state index contributed by atoms with van der Waals surface area (Å²) < 4.78 is 5.57. The average Bonchev–Trinajstić information content (AvgIpc) is 2.60. The lowest BCUT2D eigenvalue weighted by Crippen LogP contribution is -2.67. The second kappa shape index (κ2) is 7.72. The first-order chi connectivity index (χ1) is 12.8. The van der Waals surface area contributed by atoms with Crippen LogP contribution in [0.5, 0.6) is 5.75 Å². The number of amides is 1. The maximum absolute atomic E-state index is 11.3. The quantitative estimate of drug-likeness (QED) is 0.689. The number of benzene rings is 1. The van der Waals surface area contributed by atoms with Crippen LogP contribution in [0, 0.1) is 23.2 Å². The number of carboxylic acid groups (broad SMARTS) is 1. The van der Waals surface area contributed by atoms with Crippen molar-refractivity contribution in [2.24, 2.45) is 11.8 Å². The summed E-state index contributed by atoms with van der Waals surface area (Å²) in [5.74, 6) is 0.212. The zero-order chi connectivity index (χ0) is 19.6. The lowest BCUT2D eigenvalue weighted by molar-refractivity contribution is -0.145. The molecule has 8 heteroatoms. The summed E-state index contributed by atoms with van der Waals surface area (Å²) in [4.78, 5) is 14.7. The third-order valence-electron chi connectivity index (χ3n) is 5.66. The van der Waals surface area contributed by atoms with Crippen LogP contribution in [-0.2, 0) is 0 Å². The van der Waals surface area contributed by atoms with Crippen molar-refractivity contribution in [2.45, 2.75) is 18.6 Å². The van der Waals surface area contributed by atoms with Crippen molar-refractivity contribution >= 4 is 6.09 Å². The third kappa shape index (κ3) is 4.33. The molecule has 2 unspecified atom stereocenters. The molecular weight excluding hydrogens is 350 g/mol. The number of piperidine rings is 2. The van der Waals surface area contributed by atoms with Crippen molar-refractivity contribution in [1.29, 1.82) is 5.26 Å². The van der Waals surface area contributed by atoms with Crippen molar-refractivity contribution in [3.63, 3.8) is 0 Å². The first-order valence-corrected chi connectivity index (χ1v) is 9.03. The van der Waals surface area contributed by atoms with E-state index in [1.54, 1.807) is 31.2 Å². The van der Waals surface area contributed by atoms with Gasteiger partial charge in [0.05, 0.1) is 17.2 Å². The number of aliphatic hydroxyl groups is 2. The Balaban J connectivity index is 1.52. The van der Waals surface area contributed by atoms with Gasteiger partial charge >= 0.3 is 6.09 Å². The normalized spacial score (nSPS) is 29.0. The van der Waals surface area contributed by atoms with Crippen LogP contribution < -0.4 is 4.74 Å². The summed E-state index contributed by atoms with van der Waals surface area (Å²) in [6.07, 6.45) is -1.66. The number of nitriles is 1. The van der Waals surface area contributed by atoms with Gasteiger partial charge in [-0.05, 0) is 31.2 Å². The zero-order valence-corrected chi connectivity index (χ0v) is 15.3. The number of rotatable bonds is 5. The molecule has 0 aliphatic carbocycles. The number of ether oxygens (including phenoxy) is 1. The van der Waals surface area contributed by atoms with E-state index in [4.69, 9.17) is 10.00 Å². The van der Waals surface area contributed by atoms with E-state index < -0.39 is 17.8 Å². The van der Waals surface area contributed by atoms with E-state index in [1.807, 2.05) is 6.07 Å². The topological polar surface area (TPSA) is 117 Å². The smallest absolute Gasteiger partial charge is 0.407 e. The number of aliphatic hydroxyl groups excluding tert-OH is 1. The molecule has 3 rings (SSSR count). The van der Waals surface area contributed by atoms with E-state index in [2.05, 4.69) is 4.90 Å². The van der Waals surface area contributed by atoms with Gasteiger partial charge in [0, 0.05) is 44.6 Å². The van der Waals surface area contributed by atoms with Crippen LogP contribution in [-0.4, -0.2) is 82.2 Å². The first-order valence-electron chi connectivity index (χ1n) is 9.03. The lowest BCUT2D eigenvalue weighted by atomic mass is 9.71. The molecule has 1 amide bonds. The van der Waals surface area contributed by atoms with E-state index in [1.165, 1.54) is 4.90 Å². The van der Waals surface area contributed by atoms with Gasteiger partial charge in [0.2, 0.25) is 0 Å². The summed E-state index contributed by atoms with van der Waals surface area (Å²) in [6.45, 7) is 3.95. The van der Waals surface area contributed by atoms with E-state index in [0.717, 1.165) is 0 Å². The molecule has 1 aromatic rings. The van der Waals surface area contributed by atoms with Gasteiger partial charge in [-0.3, -0.25) is 4.90 Å². The predicted octanol–water partition coefficient (Wildman–Crippen LogP) is 0.591. The van der Waals surface area contributed by atoms with Crippen molar-refractivity contribution in [3.05, 3.63) is 29.8 Å². The Morgan fingerprint density at radius 3 is 2.41 bits per heavy atom. The number of nitrogens with zero attached hydrogens (tertiary/aromatic N) is 3. The lowest BCUT2D eigenvalue weighted by Gasteiger charge is -2.54. The minimum absolute atomic E-state index is 0.120. The Morgan fingerprint density at radius 2 is 1.89 bits per heavy atom. The van der Waals surface area contributed by atoms with Gasteiger partial charge < -0.3 is 25.0 Å². The Labute approximate surface area is 158 Å². The fourth-order valence-electron chi connectivity index (χ4n) is 3.97. The van der Waals surface area contributed by atoms with Crippen LogP contribution in [0.15, 0.2) is 24.3 Å². The molecule has 8 nitrogen and oxygen atoms in total. The minimum atomic E-state index is -0.954. The highest BCUT2D eigenvalue weighted by atomic mass is 16.5. The zero-order valence-electron chi connectivity index (χ0n) is 15.3. The maximum atomic E-state index is 11.3.